The van der Waals surface area contributed by atoms with Gasteiger partial charge in [0.15, 0.2) is 0 Å². The number of rotatable bonds is 8. The van der Waals surface area contributed by atoms with E-state index in [0.717, 1.165) is 39.1 Å². The fourth-order valence-corrected chi connectivity index (χ4v) is 4.73. The Kier molecular flexibility index (Phi) is 6.31. The van der Waals surface area contributed by atoms with Gasteiger partial charge in [-0.05, 0) is 30.4 Å². The van der Waals surface area contributed by atoms with Crippen LogP contribution in [0.2, 0.25) is 0 Å². The molecule has 0 spiro atoms. The molecule has 1 aliphatic heterocycles. The number of hydrogen-bond donors (Lipinski definition) is 1. The summed E-state index contributed by atoms with van der Waals surface area (Å²) in [5.41, 5.74) is 2.83. The molecular weight excluding hydrogens is 358 g/mol. The van der Waals surface area contributed by atoms with Crippen LogP contribution in [0.15, 0.2) is 60.7 Å². The van der Waals surface area contributed by atoms with Gasteiger partial charge < -0.3 is 5.32 Å². The molecule has 4 rings (SSSR count). The summed E-state index contributed by atoms with van der Waals surface area (Å²) in [6.45, 7) is 7.33. The molecule has 2 aromatic rings. The lowest BCUT2D eigenvalue weighted by Crippen LogP contribution is -2.59. The predicted octanol–water partition coefficient (Wildman–Crippen LogP) is 3.47. The summed E-state index contributed by atoms with van der Waals surface area (Å²) in [6, 6.07) is 21.5. The van der Waals surface area contributed by atoms with Crippen molar-refractivity contribution in [2.24, 2.45) is 0 Å². The molecule has 0 aromatic heterocycles. The maximum absolute atomic E-state index is 12.3. The summed E-state index contributed by atoms with van der Waals surface area (Å²) in [5.74, 6) is 0.167. The van der Waals surface area contributed by atoms with Gasteiger partial charge in [-0.15, -0.1) is 0 Å². The van der Waals surface area contributed by atoms with Crippen molar-refractivity contribution < 1.29 is 4.79 Å². The lowest BCUT2D eigenvalue weighted by molar-refractivity contribution is -0.122. The smallest absolute Gasteiger partial charge is 0.220 e. The van der Waals surface area contributed by atoms with Crippen LogP contribution in [0.5, 0.6) is 0 Å². The molecule has 0 radical (unpaired) electrons. The molecule has 1 atom stereocenters. The number of carbonyl (C=O) groups excluding carboxylic acids is 1. The molecule has 1 saturated heterocycles. The highest BCUT2D eigenvalue weighted by Crippen LogP contribution is 2.46. The highest BCUT2D eigenvalue weighted by Gasteiger charge is 2.54. The van der Waals surface area contributed by atoms with E-state index < -0.39 is 0 Å². The largest absolute Gasteiger partial charge is 0.351 e. The van der Waals surface area contributed by atoms with Crippen molar-refractivity contribution >= 4 is 5.91 Å². The van der Waals surface area contributed by atoms with Crippen LogP contribution in [0.25, 0.3) is 0 Å². The topological polar surface area (TPSA) is 35.6 Å². The van der Waals surface area contributed by atoms with Gasteiger partial charge in [0.25, 0.3) is 0 Å². The Morgan fingerprint density at radius 3 is 2.07 bits per heavy atom. The molecule has 2 fully saturated rings. The summed E-state index contributed by atoms with van der Waals surface area (Å²) in [7, 11) is 0. The van der Waals surface area contributed by atoms with Crippen molar-refractivity contribution in [2.75, 3.05) is 26.2 Å². The van der Waals surface area contributed by atoms with Gasteiger partial charge >= 0.3 is 0 Å². The molecule has 4 nitrogen and oxygen atoms in total. The van der Waals surface area contributed by atoms with Crippen LogP contribution in [0, 0.1) is 0 Å². The van der Waals surface area contributed by atoms with E-state index in [-0.39, 0.29) is 17.5 Å². The van der Waals surface area contributed by atoms with E-state index in [1.807, 2.05) is 6.92 Å². The van der Waals surface area contributed by atoms with E-state index >= 15 is 0 Å². The number of benzene rings is 2. The summed E-state index contributed by atoms with van der Waals surface area (Å²) in [5, 5.41) is 3.37. The first-order valence-corrected chi connectivity index (χ1v) is 11.0. The summed E-state index contributed by atoms with van der Waals surface area (Å²) in [4.78, 5) is 17.5. The maximum atomic E-state index is 12.3. The molecule has 0 bridgehead atoms. The highest BCUT2D eigenvalue weighted by atomic mass is 16.1. The lowest BCUT2D eigenvalue weighted by atomic mass is 9.95. The van der Waals surface area contributed by atoms with Gasteiger partial charge in [-0.2, -0.15) is 0 Å². The number of hydrogen-bond acceptors (Lipinski definition) is 3. The Morgan fingerprint density at radius 2 is 1.52 bits per heavy atom. The summed E-state index contributed by atoms with van der Waals surface area (Å²) >= 11 is 0. The zero-order valence-corrected chi connectivity index (χ0v) is 17.5. The zero-order valence-electron chi connectivity index (χ0n) is 17.5. The number of carbonyl (C=O) groups is 1. The van der Waals surface area contributed by atoms with Crippen LogP contribution in [0.1, 0.15) is 37.3 Å². The normalized spacial score (nSPS) is 20.2. The minimum atomic E-state index is 0.138. The van der Waals surface area contributed by atoms with Crippen molar-refractivity contribution in [1.82, 2.24) is 15.1 Å². The van der Waals surface area contributed by atoms with Gasteiger partial charge in [-0.3, -0.25) is 14.6 Å². The van der Waals surface area contributed by atoms with Gasteiger partial charge in [-0.1, -0.05) is 67.6 Å². The SMILES string of the molecule is CCC(=O)NC(Cc1ccccc1)C1(N2CCN(Cc3ccccc3)CC2)CC1. The quantitative estimate of drug-likeness (QED) is 0.748. The second-order valence-electron chi connectivity index (χ2n) is 8.52. The van der Waals surface area contributed by atoms with Crippen molar-refractivity contribution in [3.8, 4) is 0 Å². The first-order valence-electron chi connectivity index (χ1n) is 11.0. The van der Waals surface area contributed by atoms with Crippen molar-refractivity contribution in [3.05, 3.63) is 71.8 Å². The van der Waals surface area contributed by atoms with Gasteiger partial charge in [-0.25, -0.2) is 0 Å². The Labute approximate surface area is 174 Å². The summed E-state index contributed by atoms with van der Waals surface area (Å²) < 4.78 is 0. The van der Waals surface area contributed by atoms with Crippen molar-refractivity contribution in [2.45, 2.75) is 50.7 Å². The summed E-state index contributed by atoms with van der Waals surface area (Å²) in [6.07, 6.45) is 3.84. The molecule has 1 amide bonds. The Bertz CT molecular complexity index is 780. The van der Waals surface area contributed by atoms with Crippen LogP contribution < -0.4 is 5.32 Å². The highest BCUT2D eigenvalue weighted by molar-refractivity contribution is 5.76. The maximum Gasteiger partial charge on any atom is 0.220 e. The molecule has 1 heterocycles. The molecule has 2 aromatic carbocycles. The minimum Gasteiger partial charge on any atom is -0.351 e. The van der Waals surface area contributed by atoms with E-state index in [0.29, 0.717) is 6.42 Å². The van der Waals surface area contributed by atoms with E-state index in [2.05, 4.69) is 75.8 Å². The molecule has 1 saturated carbocycles. The van der Waals surface area contributed by atoms with Crippen LogP contribution in [-0.2, 0) is 17.8 Å². The fraction of sp³-hybridized carbons (Fsp3) is 0.480. The van der Waals surface area contributed by atoms with Crippen molar-refractivity contribution in [1.29, 1.82) is 0 Å². The van der Waals surface area contributed by atoms with Gasteiger partial charge in [0.2, 0.25) is 5.91 Å². The van der Waals surface area contributed by atoms with Crippen LogP contribution in [-0.4, -0.2) is 53.5 Å². The predicted molar refractivity (Wildman–Crippen MR) is 118 cm³/mol. The number of amides is 1. The number of nitrogens with one attached hydrogen (secondary N) is 1. The molecule has 29 heavy (non-hydrogen) atoms. The molecule has 1 unspecified atom stereocenters. The molecule has 1 aliphatic carbocycles. The Balaban J connectivity index is 1.41. The third-order valence-electron chi connectivity index (χ3n) is 6.60. The van der Waals surface area contributed by atoms with Crippen molar-refractivity contribution in [3.63, 3.8) is 0 Å². The van der Waals surface area contributed by atoms with Gasteiger partial charge in [0.1, 0.15) is 0 Å². The average molecular weight is 392 g/mol. The molecule has 154 valence electrons. The zero-order chi connectivity index (χ0) is 20.1. The second kappa shape index (κ2) is 9.10. The first-order chi connectivity index (χ1) is 14.2. The molecular formula is C25H33N3O. The molecule has 4 heteroatoms. The standard InChI is InChI=1S/C25H33N3O/c1-2-24(29)26-23(19-21-9-5-3-6-10-21)25(13-14-25)28-17-15-27(16-18-28)20-22-11-7-4-8-12-22/h3-12,23H,2,13-20H2,1H3,(H,26,29). The van der Waals surface area contributed by atoms with E-state index in [4.69, 9.17) is 0 Å². The van der Waals surface area contributed by atoms with Crippen LogP contribution >= 0.6 is 0 Å². The van der Waals surface area contributed by atoms with Gasteiger partial charge in [0.05, 0.1) is 6.04 Å². The van der Waals surface area contributed by atoms with Gasteiger partial charge in [0, 0.05) is 44.7 Å². The Hall–Kier alpha value is -2.17. The third-order valence-corrected chi connectivity index (χ3v) is 6.60. The third kappa shape index (κ3) is 4.88. The average Bonchev–Trinajstić information content (AvgIpc) is 3.57. The minimum absolute atomic E-state index is 0.138. The van der Waals surface area contributed by atoms with Crippen LogP contribution in [0.3, 0.4) is 0 Å². The monoisotopic (exact) mass is 391 g/mol. The second-order valence-corrected chi connectivity index (χ2v) is 8.52. The molecule has 1 N–H and O–H groups in total. The number of piperazine rings is 1. The Morgan fingerprint density at radius 1 is 0.931 bits per heavy atom. The molecule has 2 aliphatic rings. The van der Waals surface area contributed by atoms with E-state index in [1.165, 1.54) is 24.0 Å². The van der Waals surface area contributed by atoms with E-state index in [1.54, 1.807) is 0 Å². The van der Waals surface area contributed by atoms with E-state index in [9.17, 15) is 4.79 Å². The first kappa shape index (κ1) is 20.1. The van der Waals surface area contributed by atoms with Crippen LogP contribution in [0.4, 0.5) is 0 Å². The lowest BCUT2D eigenvalue weighted by Gasteiger charge is -2.43. The number of nitrogens with zero attached hydrogens (tertiary/aromatic N) is 2. The fourth-order valence-electron chi connectivity index (χ4n) is 4.73.